The van der Waals surface area contributed by atoms with Gasteiger partial charge in [-0.15, -0.1) is 0 Å². The molecule has 3 aromatic rings. The van der Waals surface area contributed by atoms with Crippen LogP contribution in [0.5, 0.6) is 5.75 Å². The number of aromatic nitrogens is 3. The van der Waals surface area contributed by atoms with Gasteiger partial charge in [-0.2, -0.15) is 5.10 Å². The summed E-state index contributed by atoms with van der Waals surface area (Å²) in [6, 6.07) is 6.04. The summed E-state index contributed by atoms with van der Waals surface area (Å²) in [4.78, 5) is 14.6. The highest BCUT2D eigenvalue weighted by Crippen LogP contribution is 2.23. The lowest BCUT2D eigenvalue weighted by atomic mass is 10.1. The van der Waals surface area contributed by atoms with Crippen LogP contribution in [0, 0.1) is 27.7 Å². The van der Waals surface area contributed by atoms with Gasteiger partial charge in [0.25, 0.3) is 5.91 Å². The number of rotatable bonds is 6. The Morgan fingerprint density at radius 3 is 2.68 bits per heavy atom. The van der Waals surface area contributed by atoms with Gasteiger partial charge in [0, 0.05) is 31.9 Å². The fourth-order valence-corrected chi connectivity index (χ4v) is 2.95. The second-order valence-electron chi connectivity index (χ2n) is 7.16. The summed E-state index contributed by atoms with van der Waals surface area (Å²) < 4.78 is 13.1. The van der Waals surface area contributed by atoms with Crippen LogP contribution in [0.4, 0.5) is 0 Å². The lowest BCUT2D eigenvalue weighted by molar-refractivity contribution is 0.0772. The molecule has 0 atom stereocenters. The first kappa shape index (κ1) is 19.7. The number of ether oxygens (including phenoxy) is 1. The number of amides is 1. The average Bonchev–Trinajstić information content (AvgIpc) is 3.18. The Morgan fingerprint density at radius 2 is 2.00 bits per heavy atom. The average molecular weight is 382 g/mol. The lowest BCUT2D eigenvalue weighted by Crippen LogP contribution is -2.27. The van der Waals surface area contributed by atoms with Crippen LogP contribution in [0.25, 0.3) is 0 Å². The molecule has 0 radical (unpaired) electrons. The summed E-state index contributed by atoms with van der Waals surface area (Å²) in [7, 11) is 3.62. The zero-order valence-electron chi connectivity index (χ0n) is 17.2. The van der Waals surface area contributed by atoms with Crippen molar-refractivity contribution in [1.82, 2.24) is 19.8 Å². The molecule has 28 heavy (non-hydrogen) atoms. The molecule has 2 heterocycles. The van der Waals surface area contributed by atoms with Crippen LogP contribution < -0.4 is 4.74 Å². The molecule has 0 aliphatic carbocycles. The van der Waals surface area contributed by atoms with E-state index in [2.05, 4.69) is 10.3 Å². The molecule has 1 amide bonds. The fraction of sp³-hybridized carbons (Fsp3) is 0.381. The van der Waals surface area contributed by atoms with Gasteiger partial charge in [0.1, 0.15) is 18.1 Å². The van der Waals surface area contributed by atoms with Crippen molar-refractivity contribution in [3.63, 3.8) is 0 Å². The molecule has 2 aromatic heterocycles. The molecule has 0 fully saturated rings. The summed E-state index contributed by atoms with van der Waals surface area (Å²) in [6.45, 7) is 8.44. The number of benzene rings is 1. The maximum absolute atomic E-state index is 13.0. The molecule has 0 N–H and O–H groups in total. The Morgan fingerprint density at radius 1 is 1.25 bits per heavy atom. The Bertz CT molecular complexity index is 1000. The van der Waals surface area contributed by atoms with Crippen LogP contribution in [0.3, 0.4) is 0 Å². The summed E-state index contributed by atoms with van der Waals surface area (Å²) in [5.41, 5.74) is 5.12. The van der Waals surface area contributed by atoms with Crippen molar-refractivity contribution in [2.24, 2.45) is 7.05 Å². The van der Waals surface area contributed by atoms with Crippen LogP contribution >= 0.6 is 0 Å². The minimum Gasteiger partial charge on any atom is -0.488 e. The first-order chi connectivity index (χ1) is 13.3. The van der Waals surface area contributed by atoms with Gasteiger partial charge in [0.05, 0.1) is 11.8 Å². The standard InChI is InChI=1S/C21H26N4O3/c1-13-7-8-14(2)19(9-13)27-12-18-16(4)28-23-20(18)21(26)24(5)11-17-10-22-25(6)15(17)3/h7-10H,11-12H2,1-6H3. The highest BCUT2D eigenvalue weighted by molar-refractivity contribution is 5.93. The van der Waals surface area contributed by atoms with E-state index in [0.29, 0.717) is 17.9 Å². The molecular formula is C21H26N4O3. The first-order valence-electron chi connectivity index (χ1n) is 9.16. The predicted octanol–water partition coefficient (Wildman–Crippen LogP) is 3.49. The van der Waals surface area contributed by atoms with Crippen LogP contribution in [-0.2, 0) is 20.2 Å². The Labute approximate surface area is 164 Å². The van der Waals surface area contributed by atoms with E-state index in [0.717, 1.165) is 28.1 Å². The zero-order valence-corrected chi connectivity index (χ0v) is 17.2. The Balaban J connectivity index is 1.76. The van der Waals surface area contributed by atoms with E-state index in [9.17, 15) is 4.79 Å². The van der Waals surface area contributed by atoms with Crippen LogP contribution in [-0.4, -0.2) is 32.8 Å². The van der Waals surface area contributed by atoms with E-state index in [1.54, 1.807) is 29.7 Å². The normalized spacial score (nSPS) is 10.9. The fourth-order valence-electron chi connectivity index (χ4n) is 2.95. The van der Waals surface area contributed by atoms with Crippen LogP contribution in [0.1, 0.15) is 44.2 Å². The molecule has 0 unspecified atom stereocenters. The molecule has 1 aromatic carbocycles. The van der Waals surface area contributed by atoms with Crippen molar-refractivity contribution >= 4 is 5.91 Å². The number of nitrogens with zero attached hydrogens (tertiary/aromatic N) is 4. The minimum atomic E-state index is -0.209. The number of hydrogen-bond acceptors (Lipinski definition) is 5. The zero-order chi connectivity index (χ0) is 20.4. The van der Waals surface area contributed by atoms with Gasteiger partial charge in [-0.05, 0) is 44.9 Å². The summed E-state index contributed by atoms with van der Waals surface area (Å²) in [5, 5.41) is 8.22. The number of hydrogen-bond donors (Lipinski definition) is 0. The molecule has 7 heteroatoms. The van der Waals surface area contributed by atoms with Gasteiger partial charge in [0.2, 0.25) is 0 Å². The second-order valence-corrected chi connectivity index (χ2v) is 7.16. The van der Waals surface area contributed by atoms with E-state index in [4.69, 9.17) is 9.26 Å². The summed E-state index contributed by atoms with van der Waals surface area (Å²) in [6.07, 6.45) is 1.78. The summed E-state index contributed by atoms with van der Waals surface area (Å²) >= 11 is 0. The molecule has 148 valence electrons. The number of aryl methyl sites for hydroxylation is 4. The van der Waals surface area contributed by atoms with E-state index in [1.807, 2.05) is 46.0 Å². The van der Waals surface area contributed by atoms with Crippen LogP contribution in [0.15, 0.2) is 28.9 Å². The lowest BCUT2D eigenvalue weighted by Gasteiger charge is -2.16. The van der Waals surface area contributed by atoms with Crippen molar-refractivity contribution < 1.29 is 14.1 Å². The van der Waals surface area contributed by atoms with E-state index < -0.39 is 0 Å². The highest BCUT2D eigenvalue weighted by Gasteiger charge is 2.24. The highest BCUT2D eigenvalue weighted by atomic mass is 16.5. The Kier molecular flexibility index (Phi) is 5.53. The first-order valence-corrected chi connectivity index (χ1v) is 9.16. The SMILES string of the molecule is Cc1ccc(C)c(OCc2c(C(=O)N(C)Cc3cnn(C)c3C)noc2C)c1. The molecule has 0 saturated heterocycles. The third-order valence-electron chi connectivity index (χ3n) is 4.99. The third kappa shape index (κ3) is 3.93. The predicted molar refractivity (Wildman–Crippen MR) is 105 cm³/mol. The van der Waals surface area contributed by atoms with Gasteiger partial charge in [-0.25, -0.2) is 0 Å². The van der Waals surface area contributed by atoms with Crippen molar-refractivity contribution in [2.45, 2.75) is 40.8 Å². The van der Waals surface area contributed by atoms with E-state index in [1.165, 1.54) is 0 Å². The molecule has 7 nitrogen and oxygen atoms in total. The molecule has 3 rings (SSSR count). The van der Waals surface area contributed by atoms with E-state index in [-0.39, 0.29) is 18.2 Å². The molecular weight excluding hydrogens is 356 g/mol. The quantitative estimate of drug-likeness (QED) is 0.652. The molecule has 0 saturated carbocycles. The molecule has 0 aliphatic rings. The number of carbonyl (C=O) groups excluding carboxylic acids is 1. The minimum absolute atomic E-state index is 0.209. The van der Waals surface area contributed by atoms with Gasteiger partial charge >= 0.3 is 0 Å². The van der Waals surface area contributed by atoms with Crippen molar-refractivity contribution in [1.29, 1.82) is 0 Å². The van der Waals surface area contributed by atoms with Gasteiger partial charge in [0.15, 0.2) is 5.69 Å². The second kappa shape index (κ2) is 7.88. The van der Waals surface area contributed by atoms with Crippen molar-refractivity contribution in [2.75, 3.05) is 7.05 Å². The Hall–Kier alpha value is -3.09. The molecule has 0 bridgehead atoms. The smallest absolute Gasteiger partial charge is 0.276 e. The topological polar surface area (TPSA) is 73.4 Å². The third-order valence-corrected chi connectivity index (χ3v) is 4.99. The van der Waals surface area contributed by atoms with Crippen molar-refractivity contribution in [3.05, 3.63) is 63.8 Å². The van der Waals surface area contributed by atoms with Gasteiger partial charge < -0.3 is 14.2 Å². The summed E-state index contributed by atoms with van der Waals surface area (Å²) in [5.74, 6) is 1.16. The number of carbonyl (C=O) groups is 1. The maximum Gasteiger partial charge on any atom is 0.276 e. The molecule has 0 spiro atoms. The van der Waals surface area contributed by atoms with Crippen molar-refractivity contribution in [3.8, 4) is 5.75 Å². The van der Waals surface area contributed by atoms with Gasteiger partial charge in [-0.3, -0.25) is 9.48 Å². The van der Waals surface area contributed by atoms with Crippen LogP contribution in [0.2, 0.25) is 0 Å². The largest absolute Gasteiger partial charge is 0.488 e. The van der Waals surface area contributed by atoms with E-state index >= 15 is 0 Å². The molecule has 0 aliphatic heterocycles. The van der Waals surface area contributed by atoms with Gasteiger partial charge in [-0.1, -0.05) is 17.3 Å². The monoisotopic (exact) mass is 382 g/mol. The maximum atomic E-state index is 13.0.